The first-order valence-corrected chi connectivity index (χ1v) is 5.95. The fourth-order valence-corrected chi connectivity index (χ4v) is 1.78. The van der Waals surface area contributed by atoms with Crippen LogP contribution in [-0.4, -0.2) is 0 Å². The van der Waals surface area contributed by atoms with Crippen LogP contribution in [0.4, 0.5) is 4.39 Å². The molecule has 0 amide bonds. The van der Waals surface area contributed by atoms with Crippen LogP contribution < -0.4 is 0 Å². The van der Waals surface area contributed by atoms with Gasteiger partial charge in [0.25, 0.3) is 0 Å². The molecule has 0 spiro atoms. The maximum atomic E-state index is 12.7. The summed E-state index contributed by atoms with van der Waals surface area (Å²) in [4.78, 5) is 0. The predicted octanol–water partition coefficient (Wildman–Crippen LogP) is 4.66. The summed E-state index contributed by atoms with van der Waals surface area (Å²) < 4.78 is 12.7. The number of rotatable bonds is 4. The van der Waals surface area contributed by atoms with E-state index in [9.17, 15) is 4.39 Å². The molecule has 0 saturated carbocycles. The number of aryl methyl sites for hydroxylation is 1. The second-order valence-corrected chi connectivity index (χ2v) is 4.36. The lowest BCUT2D eigenvalue weighted by atomic mass is 10.0. The molecule has 0 aliphatic heterocycles. The monoisotopic (exact) mass is 247 g/mol. The van der Waals surface area contributed by atoms with Gasteiger partial charge < -0.3 is 0 Å². The van der Waals surface area contributed by atoms with Crippen LogP contribution in [-0.2, 0) is 6.42 Å². The van der Waals surface area contributed by atoms with Crippen LogP contribution in [0.2, 0.25) is 5.02 Å². The van der Waals surface area contributed by atoms with Gasteiger partial charge in [0.15, 0.2) is 0 Å². The van der Waals surface area contributed by atoms with Gasteiger partial charge in [0.2, 0.25) is 0 Å². The molecule has 0 atom stereocenters. The second-order valence-electron chi connectivity index (χ2n) is 3.92. The maximum absolute atomic E-state index is 12.7. The van der Waals surface area contributed by atoms with E-state index in [0.29, 0.717) is 0 Å². The van der Waals surface area contributed by atoms with Gasteiger partial charge in [-0.1, -0.05) is 35.9 Å². The Balaban J connectivity index is 1.83. The van der Waals surface area contributed by atoms with Crippen molar-refractivity contribution in [2.75, 3.05) is 0 Å². The van der Waals surface area contributed by atoms with Crippen LogP contribution in [0.3, 0.4) is 0 Å². The molecule has 2 aromatic carbocycles. The summed E-state index contributed by atoms with van der Waals surface area (Å²) in [6.07, 6.45) is 4.01. The van der Waals surface area contributed by atoms with Gasteiger partial charge in [-0.2, -0.15) is 0 Å². The highest BCUT2D eigenvalue weighted by atomic mass is 35.5. The Morgan fingerprint density at radius 2 is 1.59 bits per heavy atom. The van der Waals surface area contributed by atoms with Crippen molar-refractivity contribution in [1.29, 1.82) is 0 Å². The third kappa shape index (κ3) is 3.86. The number of benzene rings is 2. The Morgan fingerprint density at radius 1 is 0.941 bits per heavy atom. The molecule has 0 aliphatic carbocycles. The smallest absolute Gasteiger partial charge is 0.123 e. The van der Waals surface area contributed by atoms with Crippen LogP contribution in [0.25, 0.3) is 0 Å². The van der Waals surface area contributed by atoms with Gasteiger partial charge in [0.05, 0.1) is 0 Å². The zero-order chi connectivity index (χ0) is 12.1. The summed E-state index contributed by atoms with van der Waals surface area (Å²) in [7, 11) is 0. The third-order valence-electron chi connectivity index (χ3n) is 2.60. The minimum Gasteiger partial charge on any atom is -0.207 e. The molecule has 2 heteroatoms. The average Bonchev–Trinajstić information content (AvgIpc) is 2.34. The minimum absolute atomic E-state index is 0.185. The van der Waals surface area contributed by atoms with Crippen LogP contribution in [0.1, 0.15) is 17.5 Å². The summed E-state index contributed by atoms with van der Waals surface area (Å²) >= 11 is 5.81. The SMILES string of the molecule is Fc1ccc(CC[CH]c2ccc(Cl)cc2)cc1. The highest BCUT2D eigenvalue weighted by molar-refractivity contribution is 6.30. The zero-order valence-electron chi connectivity index (χ0n) is 9.37. The first kappa shape index (κ1) is 12.1. The topological polar surface area (TPSA) is 0 Å². The van der Waals surface area contributed by atoms with Crippen LogP contribution in [0, 0.1) is 12.2 Å². The largest absolute Gasteiger partial charge is 0.207 e. The van der Waals surface area contributed by atoms with Gasteiger partial charge in [-0.3, -0.25) is 0 Å². The Labute approximate surface area is 106 Å². The molecule has 1 radical (unpaired) electrons. The first-order valence-electron chi connectivity index (χ1n) is 5.57. The summed E-state index contributed by atoms with van der Waals surface area (Å²) in [5.74, 6) is -0.185. The summed E-state index contributed by atoms with van der Waals surface area (Å²) in [5, 5.41) is 0.751. The van der Waals surface area contributed by atoms with E-state index in [0.717, 1.165) is 29.0 Å². The normalized spacial score (nSPS) is 10.5. The van der Waals surface area contributed by atoms with E-state index < -0.39 is 0 Å². The summed E-state index contributed by atoms with van der Waals surface area (Å²) in [6, 6.07) is 14.4. The van der Waals surface area contributed by atoms with Gasteiger partial charge in [-0.25, -0.2) is 4.39 Å². The molecule has 2 rings (SSSR count). The Bertz CT molecular complexity index is 414. The fraction of sp³-hybridized carbons (Fsp3) is 0.133. The van der Waals surface area contributed by atoms with Crippen molar-refractivity contribution in [3.05, 3.63) is 76.9 Å². The van der Waals surface area contributed by atoms with Crippen LogP contribution >= 0.6 is 11.6 Å². The highest BCUT2D eigenvalue weighted by Crippen LogP contribution is 2.14. The molecule has 2 aromatic rings. The lowest BCUT2D eigenvalue weighted by Gasteiger charge is -2.02. The molecule has 0 fully saturated rings. The zero-order valence-corrected chi connectivity index (χ0v) is 10.1. The predicted molar refractivity (Wildman–Crippen MR) is 69.6 cm³/mol. The molecule has 0 aliphatic rings. The molecule has 0 saturated heterocycles. The average molecular weight is 248 g/mol. The molecule has 0 unspecified atom stereocenters. The van der Waals surface area contributed by atoms with E-state index in [1.807, 2.05) is 36.4 Å². The number of halogens is 2. The lowest BCUT2D eigenvalue weighted by molar-refractivity contribution is 0.627. The Morgan fingerprint density at radius 3 is 2.24 bits per heavy atom. The van der Waals surface area contributed by atoms with E-state index in [2.05, 4.69) is 6.42 Å². The van der Waals surface area contributed by atoms with Crippen LogP contribution in [0.15, 0.2) is 48.5 Å². The van der Waals surface area contributed by atoms with Crippen molar-refractivity contribution < 1.29 is 4.39 Å². The number of hydrogen-bond donors (Lipinski definition) is 0. The molecule has 0 N–H and O–H groups in total. The van der Waals surface area contributed by atoms with Crippen molar-refractivity contribution in [1.82, 2.24) is 0 Å². The van der Waals surface area contributed by atoms with Crippen molar-refractivity contribution in [2.45, 2.75) is 12.8 Å². The van der Waals surface area contributed by atoms with Crippen molar-refractivity contribution >= 4 is 11.6 Å². The van der Waals surface area contributed by atoms with Crippen molar-refractivity contribution in [3.63, 3.8) is 0 Å². The lowest BCUT2D eigenvalue weighted by Crippen LogP contribution is -1.88. The molecule has 17 heavy (non-hydrogen) atoms. The van der Waals surface area contributed by atoms with E-state index in [1.165, 1.54) is 12.1 Å². The van der Waals surface area contributed by atoms with Crippen molar-refractivity contribution in [2.24, 2.45) is 0 Å². The van der Waals surface area contributed by atoms with Gasteiger partial charge in [-0.05, 0) is 54.7 Å². The molecule has 87 valence electrons. The molecule has 0 bridgehead atoms. The van der Waals surface area contributed by atoms with E-state index in [4.69, 9.17) is 11.6 Å². The molecule has 0 heterocycles. The number of hydrogen-bond acceptors (Lipinski definition) is 0. The molecular formula is C15H13ClF. The maximum Gasteiger partial charge on any atom is 0.123 e. The van der Waals surface area contributed by atoms with Gasteiger partial charge in [0.1, 0.15) is 5.82 Å². The van der Waals surface area contributed by atoms with E-state index in [1.54, 1.807) is 0 Å². The Hall–Kier alpha value is -1.34. The summed E-state index contributed by atoms with van der Waals surface area (Å²) in [5.41, 5.74) is 2.31. The van der Waals surface area contributed by atoms with Gasteiger partial charge in [-0.15, -0.1) is 0 Å². The first-order chi connectivity index (χ1) is 8.24. The molecular weight excluding hydrogens is 235 g/mol. The quantitative estimate of drug-likeness (QED) is 0.737. The highest BCUT2D eigenvalue weighted by Gasteiger charge is 1.97. The Kier molecular flexibility index (Phi) is 4.16. The minimum atomic E-state index is -0.185. The molecule has 0 aromatic heterocycles. The van der Waals surface area contributed by atoms with E-state index >= 15 is 0 Å². The summed E-state index contributed by atoms with van der Waals surface area (Å²) in [6.45, 7) is 0. The fourth-order valence-electron chi connectivity index (χ4n) is 1.66. The van der Waals surface area contributed by atoms with Crippen LogP contribution in [0.5, 0.6) is 0 Å². The van der Waals surface area contributed by atoms with E-state index in [-0.39, 0.29) is 5.82 Å². The standard InChI is InChI=1S/C15H13ClF/c16-14-8-4-12(5-9-14)2-1-3-13-6-10-15(17)11-7-13/h2,4-11H,1,3H2. The third-order valence-corrected chi connectivity index (χ3v) is 2.85. The van der Waals surface area contributed by atoms with Gasteiger partial charge >= 0.3 is 0 Å². The second kappa shape index (κ2) is 5.83. The van der Waals surface area contributed by atoms with Crippen molar-refractivity contribution in [3.8, 4) is 0 Å². The molecule has 0 nitrogen and oxygen atoms in total. The van der Waals surface area contributed by atoms with Gasteiger partial charge in [0, 0.05) is 5.02 Å².